The smallest absolute Gasteiger partial charge is 0.335 e. The van der Waals surface area contributed by atoms with E-state index in [-0.39, 0.29) is 17.1 Å². The summed E-state index contributed by atoms with van der Waals surface area (Å²) in [6.07, 6.45) is 2.56. The highest BCUT2D eigenvalue weighted by Crippen LogP contribution is 2.48. The third-order valence-electron chi connectivity index (χ3n) is 6.66. The van der Waals surface area contributed by atoms with Gasteiger partial charge in [0.05, 0.1) is 29.4 Å². The summed E-state index contributed by atoms with van der Waals surface area (Å²) in [5.74, 6) is -0.720. The van der Waals surface area contributed by atoms with Gasteiger partial charge >= 0.3 is 5.69 Å². The van der Waals surface area contributed by atoms with Crippen molar-refractivity contribution < 1.29 is 32.5 Å². The summed E-state index contributed by atoms with van der Waals surface area (Å²) >= 11 is 0. The molecule has 43 heavy (non-hydrogen) atoms. The van der Waals surface area contributed by atoms with Gasteiger partial charge in [0.1, 0.15) is 41.9 Å². The van der Waals surface area contributed by atoms with Crippen LogP contribution in [0.25, 0.3) is 16.6 Å². The number of carbonyl (C=O) groups is 1. The first-order chi connectivity index (χ1) is 20.7. The fraction of sp³-hybridized carbons (Fsp3) is 0.133. The first-order valence-electron chi connectivity index (χ1n) is 12.9. The molecule has 0 bridgehead atoms. The Hall–Kier alpha value is -5.72. The number of fused-ring (bicyclic) bond motifs is 3. The van der Waals surface area contributed by atoms with Crippen LogP contribution in [0.3, 0.4) is 0 Å². The van der Waals surface area contributed by atoms with Gasteiger partial charge in [0.25, 0.3) is 11.5 Å². The summed E-state index contributed by atoms with van der Waals surface area (Å²) in [5.41, 5.74) is -1.81. The lowest BCUT2D eigenvalue weighted by Crippen LogP contribution is -2.41. The molecular weight excluding hydrogens is 566 g/mol. The molecule has 1 amide bonds. The molecule has 0 saturated heterocycles. The lowest BCUT2D eigenvalue weighted by atomic mass is 10.1. The number of pyridine rings is 1. The number of carbonyl (C=O) groups excluding carboxylic acids is 1. The topological polar surface area (TPSA) is 123 Å². The number of hydrogen-bond donors (Lipinski definition) is 1. The highest BCUT2D eigenvalue weighted by Gasteiger charge is 2.25. The zero-order chi connectivity index (χ0) is 30.2. The molecule has 0 aliphatic carbocycles. The minimum Gasteiger partial charge on any atom is -0.493 e. The van der Waals surface area contributed by atoms with Gasteiger partial charge in [-0.15, -0.1) is 0 Å². The molecule has 13 heteroatoms. The Morgan fingerprint density at radius 2 is 1.72 bits per heavy atom. The van der Waals surface area contributed by atoms with Crippen LogP contribution < -0.4 is 35.5 Å². The number of nitrogens with one attached hydrogen (secondary N) is 1. The van der Waals surface area contributed by atoms with Crippen molar-refractivity contribution in [2.45, 2.75) is 0 Å². The first kappa shape index (κ1) is 27.4. The van der Waals surface area contributed by atoms with Gasteiger partial charge in [-0.25, -0.2) is 18.1 Å². The summed E-state index contributed by atoms with van der Waals surface area (Å²) in [6, 6.07) is 11.6. The number of halogens is 2. The number of ether oxygens (including phenoxy) is 4. The van der Waals surface area contributed by atoms with Gasteiger partial charge in [-0.2, -0.15) is 0 Å². The quantitative estimate of drug-likeness (QED) is 0.314. The fourth-order valence-corrected chi connectivity index (χ4v) is 4.63. The van der Waals surface area contributed by atoms with Gasteiger partial charge in [0, 0.05) is 31.6 Å². The molecular formula is C30H22F2N4O7. The number of aryl methyl sites for hydroxylation is 1. The molecule has 218 valence electrons. The predicted octanol–water partition coefficient (Wildman–Crippen LogP) is 4.19. The third-order valence-corrected chi connectivity index (χ3v) is 6.66. The Morgan fingerprint density at radius 3 is 2.44 bits per heavy atom. The summed E-state index contributed by atoms with van der Waals surface area (Å²) < 4.78 is 53.3. The van der Waals surface area contributed by atoms with Crippen molar-refractivity contribution in [1.82, 2.24) is 14.1 Å². The van der Waals surface area contributed by atoms with E-state index >= 15 is 4.39 Å². The van der Waals surface area contributed by atoms with E-state index in [1.807, 2.05) is 0 Å². The van der Waals surface area contributed by atoms with E-state index in [0.717, 1.165) is 33.5 Å². The normalized spacial score (nSPS) is 12.2. The molecule has 0 fully saturated rings. The largest absolute Gasteiger partial charge is 0.493 e. The second-order valence-electron chi connectivity index (χ2n) is 9.39. The van der Waals surface area contributed by atoms with Crippen LogP contribution in [0.4, 0.5) is 14.5 Å². The van der Waals surface area contributed by atoms with E-state index in [1.54, 1.807) is 12.1 Å². The van der Waals surface area contributed by atoms with Crippen LogP contribution in [-0.2, 0) is 7.05 Å². The van der Waals surface area contributed by atoms with E-state index < -0.39 is 34.4 Å². The zero-order valence-corrected chi connectivity index (χ0v) is 22.7. The number of benzene rings is 3. The molecule has 3 aromatic carbocycles. The van der Waals surface area contributed by atoms with Crippen LogP contribution in [0.2, 0.25) is 0 Å². The summed E-state index contributed by atoms with van der Waals surface area (Å²) in [6.45, 7) is 0.639. The van der Waals surface area contributed by atoms with Crippen molar-refractivity contribution in [1.29, 1.82) is 0 Å². The number of amides is 1. The maximum absolute atomic E-state index is 15.2. The highest BCUT2D eigenvalue weighted by molar-refractivity contribution is 6.04. The van der Waals surface area contributed by atoms with Crippen molar-refractivity contribution in [3.05, 3.63) is 105 Å². The van der Waals surface area contributed by atoms with Crippen LogP contribution in [0.1, 0.15) is 10.4 Å². The van der Waals surface area contributed by atoms with Gasteiger partial charge in [-0.3, -0.25) is 14.6 Å². The van der Waals surface area contributed by atoms with Gasteiger partial charge in [-0.1, -0.05) is 0 Å². The molecule has 0 atom stereocenters. The molecule has 0 saturated carbocycles. The van der Waals surface area contributed by atoms with Gasteiger partial charge in [-0.05, 0) is 42.5 Å². The monoisotopic (exact) mass is 588 g/mol. The molecule has 3 heterocycles. The lowest BCUT2D eigenvalue weighted by Gasteiger charge is -2.23. The second kappa shape index (κ2) is 10.9. The molecule has 1 N–H and O–H groups in total. The SMILES string of the molecule is COc1cc2nccc(Oc3ccc(NC(=O)c4cn(C)c(=O)n(-c5ccc(F)cc5)c4=O)c(F)c3)c2c2c1OCCO2. The Labute approximate surface area is 241 Å². The molecule has 11 nitrogen and oxygen atoms in total. The van der Waals surface area contributed by atoms with Gasteiger partial charge in [0.2, 0.25) is 5.75 Å². The molecule has 1 aliphatic rings. The number of nitrogens with zero attached hydrogens (tertiary/aromatic N) is 3. The molecule has 0 radical (unpaired) electrons. The minimum absolute atomic E-state index is 0.0645. The maximum Gasteiger partial charge on any atom is 0.335 e. The lowest BCUT2D eigenvalue weighted by molar-refractivity contribution is 0.102. The van der Waals surface area contributed by atoms with Crippen LogP contribution >= 0.6 is 0 Å². The number of rotatable bonds is 6. The number of methoxy groups -OCH3 is 1. The average Bonchev–Trinajstić information content (AvgIpc) is 3.00. The van der Waals surface area contributed by atoms with Crippen molar-refractivity contribution in [3.63, 3.8) is 0 Å². The zero-order valence-electron chi connectivity index (χ0n) is 22.7. The Balaban J connectivity index is 1.29. The molecule has 2 aromatic heterocycles. The fourth-order valence-electron chi connectivity index (χ4n) is 4.63. The van der Waals surface area contributed by atoms with Crippen molar-refractivity contribution in [3.8, 4) is 34.4 Å². The summed E-state index contributed by atoms with van der Waals surface area (Å²) in [4.78, 5) is 43.2. The predicted molar refractivity (Wildman–Crippen MR) is 151 cm³/mol. The second-order valence-corrected chi connectivity index (χ2v) is 9.39. The first-order valence-corrected chi connectivity index (χ1v) is 12.9. The molecule has 5 aromatic rings. The van der Waals surface area contributed by atoms with E-state index in [4.69, 9.17) is 18.9 Å². The molecule has 0 unspecified atom stereocenters. The minimum atomic E-state index is -0.957. The van der Waals surface area contributed by atoms with Crippen LogP contribution in [0.5, 0.6) is 28.7 Å². The van der Waals surface area contributed by atoms with E-state index in [9.17, 15) is 18.8 Å². The van der Waals surface area contributed by atoms with Crippen LogP contribution in [-0.4, -0.2) is 40.3 Å². The van der Waals surface area contributed by atoms with Crippen LogP contribution in [0.15, 0.2) is 76.6 Å². The average molecular weight is 589 g/mol. The third kappa shape index (κ3) is 5.01. The Bertz CT molecular complexity index is 2020. The van der Waals surface area contributed by atoms with Crippen molar-refractivity contribution in [2.75, 3.05) is 25.6 Å². The Kier molecular flexibility index (Phi) is 6.98. The van der Waals surface area contributed by atoms with Gasteiger partial charge in [0.15, 0.2) is 11.5 Å². The summed E-state index contributed by atoms with van der Waals surface area (Å²) in [5, 5.41) is 2.86. The standard InChI is InChI=1S/C30H22F2N4O7/c1-35-15-19(29(38)36(30(35)39)17-5-3-16(31)4-6-17)28(37)34-21-8-7-18(13-20(21)32)43-23-9-10-33-22-14-24(40-2)26-27(25(22)23)42-12-11-41-26/h3-10,13-15H,11-12H2,1-2H3,(H,34,37). The number of anilines is 1. The molecule has 1 aliphatic heterocycles. The van der Waals surface area contributed by atoms with E-state index in [0.29, 0.717) is 47.1 Å². The van der Waals surface area contributed by atoms with Crippen molar-refractivity contribution in [2.24, 2.45) is 7.05 Å². The molecule has 6 rings (SSSR count). The maximum atomic E-state index is 15.2. The van der Waals surface area contributed by atoms with Gasteiger partial charge < -0.3 is 28.8 Å². The number of hydrogen-bond acceptors (Lipinski definition) is 8. The van der Waals surface area contributed by atoms with Crippen molar-refractivity contribution >= 4 is 22.5 Å². The Morgan fingerprint density at radius 1 is 0.977 bits per heavy atom. The van der Waals surface area contributed by atoms with Crippen LogP contribution in [0, 0.1) is 11.6 Å². The van der Waals surface area contributed by atoms with E-state index in [2.05, 4.69) is 10.3 Å². The molecule has 0 spiro atoms. The highest BCUT2D eigenvalue weighted by atomic mass is 19.1. The number of aromatic nitrogens is 3. The van der Waals surface area contributed by atoms with E-state index in [1.165, 1.54) is 44.6 Å². The summed E-state index contributed by atoms with van der Waals surface area (Å²) in [7, 11) is 2.85.